The Hall–Kier alpha value is -2.58. The monoisotopic (exact) mass is 487 g/mol. The van der Waals surface area contributed by atoms with E-state index in [9.17, 15) is 18.3 Å². The molecule has 2 heterocycles. The first-order valence-electron chi connectivity index (χ1n) is 11.4. The number of alkyl halides is 3. The van der Waals surface area contributed by atoms with E-state index in [0.717, 1.165) is 41.6 Å². The van der Waals surface area contributed by atoms with E-state index in [1.54, 1.807) is 12.1 Å². The van der Waals surface area contributed by atoms with Crippen molar-refractivity contribution in [3.63, 3.8) is 0 Å². The van der Waals surface area contributed by atoms with Crippen molar-refractivity contribution < 1.29 is 18.3 Å². The highest BCUT2D eigenvalue weighted by Crippen LogP contribution is 2.43. The summed E-state index contributed by atoms with van der Waals surface area (Å²) < 4.78 is 42.2. The highest BCUT2D eigenvalue weighted by molar-refractivity contribution is 7.99. The molecule has 1 atom stereocenters. The molecule has 4 rings (SSSR count). The summed E-state index contributed by atoms with van der Waals surface area (Å²) in [6.07, 6.45) is -1.21. The first-order chi connectivity index (χ1) is 16.3. The second-order valence-electron chi connectivity index (χ2n) is 8.90. The summed E-state index contributed by atoms with van der Waals surface area (Å²) in [5.74, 6) is 1.05. The Balaban J connectivity index is 1.67. The highest BCUT2D eigenvalue weighted by Gasteiger charge is 2.34. The molecule has 2 aromatic carbocycles. The molecule has 1 saturated heterocycles. The zero-order valence-corrected chi connectivity index (χ0v) is 20.0. The Kier molecular flexibility index (Phi) is 7.48. The van der Waals surface area contributed by atoms with Gasteiger partial charge in [0.1, 0.15) is 12.1 Å². The standard InChI is InChI=1S/C26H28F3N3OS/c1-17(2)20-7-3-4-8-23(20)34-24-10-9-19(12-21(24)26(27,28)29)22-13-25(31-16-30-22)32-11-5-6-18(14-32)15-33/h3-4,7-10,12-13,16-18,33H,5-6,11,14-15H2,1-2H3. The molecule has 1 unspecified atom stereocenters. The topological polar surface area (TPSA) is 49.2 Å². The van der Waals surface area contributed by atoms with Crippen molar-refractivity contribution in [3.8, 4) is 11.3 Å². The predicted molar refractivity (Wildman–Crippen MR) is 129 cm³/mol. The number of hydrogen-bond acceptors (Lipinski definition) is 5. The smallest absolute Gasteiger partial charge is 0.396 e. The van der Waals surface area contributed by atoms with E-state index in [-0.39, 0.29) is 23.3 Å². The molecule has 0 saturated carbocycles. The van der Waals surface area contributed by atoms with Crippen molar-refractivity contribution in [2.24, 2.45) is 5.92 Å². The maximum atomic E-state index is 14.1. The van der Waals surface area contributed by atoms with Crippen LogP contribution in [0, 0.1) is 5.92 Å². The SMILES string of the molecule is CC(C)c1ccccc1Sc1ccc(-c2cc(N3CCCC(CO)C3)ncn2)cc1C(F)(F)F. The molecule has 0 bridgehead atoms. The normalized spacial score (nSPS) is 16.8. The van der Waals surface area contributed by atoms with E-state index in [4.69, 9.17) is 0 Å². The van der Waals surface area contributed by atoms with Gasteiger partial charge in [0, 0.05) is 41.1 Å². The van der Waals surface area contributed by atoms with Crippen LogP contribution in [0.15, 0.2) is 64.6 Å². The first-order valence-corrected chi connectivity index (χ1v) is 12.2. The lowest BCUT2D eigenvalue weighted by atomic mass is 9.99. The third-order valence-corrected chi connectivity index (χ3v) is 7.26. The van der Waals surface area contributed by atoms with Gasteiger partial charge in [0.05, 0.1) is 11.3 Å². The molecule has 0 aliphatic carbocycles. The number of nitrogens with zero attached hydrogens (tertiary/aromatic N) is 3. The van der Waals surface area contributed by atoms with Gasteiger partial charge in [-0.25, -0.2) is 9.97 Å². The van der Waals surface area contributed by atoms with E-state index in [2.05, 4.69) is 14.9 Å². The quantitative estimate of drug-likeness (QED) is 0.422. The van der Waals surface area contributed by atoms with Gasteiger partial charge in [-0.1, -0.05) is 49.9 Å². The van der Waals surface area contributed by atoms with Crippen LogP contribution in [0.5, 0.6) is 0 Å². The Morgan fingerprint density at radius 1 is 1.09 bits per heavy atom. The Bertz CT molecular complexity index is 1140. The number of piperidine rings is 1. The molecule has 0 amide bonds. The molecule has 1 aliphatic heterocycles. The summed E-state index contributed by atoms with van der Waals surface area (Å²) in [5, 5.41) is 9.51. The highest BCUT2D eigenvalue weighted by atomic mass is 32.2. The van der Waals surface area contributed by atoms with Crippen molar-refractivity contribution in [1.82, 2.24) is 9.97 Å². The van der Waals surface area contributed by atoms with Crippen LogP contribution in [0.2, 0.25) is 0 Å². The van der Waals surface area contributed by atoms with Crippen LogP contribution in [0.1, 0.15) is 43.7 Å². The summed E-state index contributed by atoms with van der Waals surface area (Å²) in [6.45, 7) is 5.65. The second-order valence-corrected chi connectivity index (χ2v) is 9.99. The molecular formula is C26H28F3N3OS. The molecule has 1 aromatic heterocycles. The molecule has 3 aromatic rings. The molecular weight excluding hydrogens is 459 g/mol. The van der Waals surface area contributed by atoms with Crippen LogP contribution in [-0.4, -0.2) is 34.8 Å². The third kappa shape index (κ3) is 5.55. The largest absolute Gasteiger partial charge is 0.417 e. The van der Waals surface area contributed by atoms with Gasteiger partial charge in [-0.05, 0) is 48.4 Å². The van der Waals surface area contributed by atoms with E-state index >= 15 is 0 Å². The van der Waals surface area contributed by atoms with Crippen LogP contribution < -0.4 is 4.90 Å². The number of halogens is 3. The van der Waals surface area contributed by atoms with Gasteiger partial charge in [-0.2, -0.15) is 13.2 Å². The molecule has 1 aliphatic rings. The average molecular weight is 488 g/mol. The van der Waals surface area contributed by atoms with Gasteiger partial charge in [-0.15, -0.1) is 0 Å². The van der Waals surface area contributed by atoms with Gasteiger partial charge < -0.3 is 10.0 Å². The zero-order chi connectivity index (χ0) is 24.3. The predicted octanol–water partition coefficient (Wildman–Crippen LogP) is 6.65. The Morgan fingerprint density at radius 3 is 2.62 bits per heavy atom. The summed E-state index contributed by atoms with van der Waals surface area (Å²) >= 11 is 1.14. The van der Waals surface area contributed by atoms with E-state index in [0.29, 0.717) is 23.6 Å². The lowest BCUT2D eigenvalue weighted by Crippen LogP contribution is -2.37. The number of aliphatic hydroxyl groups is 1. The molecule has 1 fully saturated rings. The Labute approximate surface area is 202 Å². The third-order valence-electron chi connectivity index (χ3n) is 6.10. The molecule has 8 heteroatoms. The van der Waals surface area contributed by atoms with E-state index < -0.39 is 11.7 Å². The molecule has 0 radical (unpaired) electrons. The van der Waals surface area contributed by atoms with Crippen molar-refractivity contribution in [3.05, 3.63) is 66.0 Å². The fourth-order valence-corrected chi connectivity index (χ4v) is 5.49. The summed E-state index contributed by atoms with van der Waals surface area (Å²) in [5.41, 5.74) is 1.19. The van der Waals surface area contributed by atoms with Gasteiger partial charge in [-0.3, -0.25) is 0 Å². The van der Waals surface area contributed by atoms with E-state index in [1.165, 1.54) is 18.5 Å². The summed E-state index contributed by atoms with van der Waals surface area (Å²) in [7, 11) is 0. The van der Waals surface area contributed by atoms with Crippen molar-refractivity contribution >= 4 is 17.6 Å². The number of aromatic nitrogens is 2. The minimum atomic E-state index is -4.50. The molecule has 180 valence electrons. The van der Waals surface area contributed by atoms with Gasteiger partial charge >= 0.3 is 6.18 Å². The van der Waals surface area contributed by atoms with Crippen LogP contribution in [0.4, 0.5) is 19.0 Å². The molecule has 0 spiro atoms. The van der Waals surface area contributed by atoms with Gasteiger partial charge in [0.15, 0.2) is 0 Å². The Morgan fingerprint density at radius 2 is 1.88 bits per heavy atom. The first kappa shape index (κ1) is 24.5. The van der Waals surface area contributed by atoms with Crippen LogP contribution in [0.3, 0.4) is 0 Å². The average Bonchev–Trinajstić information content (AvgIpc) is 2.84. The molecule has 4 nitrogen and oxygen atoms in total. The summed E-state index contributed by atoms with van der Waals surface area (Å²) in [6, 6.07) is 13.7. The van der Waals surface area contributed by atoms with Crippen molar-refractivity contribution in [2.45, 2.75) is 48.6 Å². The fraction of sp³-hybridized carbons (Fsp3) is 0.385. The van der Waals surface area contributed by atoms with Crippen molar-refractivity contribution in [1.29, 1.82) is 0 Å². The number of anilines is 1. The summed E-state index contributed by atoms with van der Waals surface area (Å²) in [4.78, 5) is 11.6. The van der Waals surface area contributed by atoms with Crippen LogP contribution in [0.25, 0.3) is 11.3 Å². The second kappa shape index (κ2) is 10.4. The lowest BCUT2D eigenvalue weighted by molar-refractivity contribution is -0.139. The fourth-order valence-electron chi connectivity index (χ4n) is 4.27. The number of rotatable bonds is 6. The lowest BCUT2D eigenvalue weighted by Gasteiger charge is -2.32. The zero-order valence-electron chi connectivity index (χ0n) is 19.2. The maximum absolute atomic E-state index is 14.1. The van der Waals surface area contributed by atoms with Gasteiger partial charge in [0.25, 0.3) is 0 Å². The number of benzene rings is 2. The van der Waals surface area contributed by atoms with Crippen LogP contribution >= 0.6 is 11.8 Å². The maximum Gasteiger partial charge on any atom is 0.417 e. The minimum Gasteiger partial charge on any atom is -0.396 e. The van der Waals surface area contributed by atoms with Crippen molar-refractivity contribution in [2.75, 3.05) is 24.6 Å². The van der Waals surface area contributed by atoms with Crippen LogP contribution in [-0.2, 0) is 6.18 Å². The number of hydrogen-bond donors (Lipinski definition) is 1. The number of aliphatic hydroxyl groups excluding tert-OH is 1. The molecule has 1 N–H and O–H groups in total. The van der Waals surface area contributed by atoms with Gasteiger partial charge in [0.2, 0.25) is 0 Å². The minimum absolute atomic E-state index is 0.114. The molecule has 34 heavy (non-hydrogen) atoms. The van der Waals surface area contributed by atoms with E-state index in [1.807, 2.05) is 38.1 Å².